The minimum atomic E-state index is 0.0955. The summed E-state index contributed by atoms with van der Waals surface area (Å²) in [5.41, 5.74) is 16.2. The van der Waals surface area contributed by atoms with Crippen molar-refractivity contribution in [1.82, 2.24) is 0 Å². The quantitative estimate of drug-likeness (QED) is 0.125. The first-order valence-electron chi connectivity index (χ1n) is 18.6. The number of benzene rings is 5. The molecule has 5 aromatic rings. The summed E-state index contributed by atoms with van der Waals surface area (Å²) in [5, 5.41) is 0. The molecule has 0 aromatic heterocycles. The van der Waals surface area contributed by atoms with E-state index in [4.69, 9.17) is 0 Å². The molecule has 0 aliphatic rings. The zero-order valence-electron chi connectivity index (χ0n) is 33.5. The first-order chi connectivity index (χ1) is 23.1. The average Bonchev–Trinajstić information content (AvgIpc) is 3.02. The molecular formula is C50H61+. The molecule has 0 unspecified atom stereocenters. The Labute approximate surface area is 305 Å². The van der Waals surface area contributed by atoms with Crippen LogP contribution in [-0.4, -0.2) is 0 Å². The average molecular weight is 662 g/mol. The minimum absolute atomic E-state index is 0.0955. The fourth-order valence-corrected chi connectivity index (χ4v) is 7.10. The molecule has 0 saturated carbocycles. The van der Waals surface area contributed by atoms with Gasteiger partial charge in [0.1, 0.15) is 0 Å². The van der Waals surface area contributed by atoms with Crippen LogP contribution in [0.1, 0.15) is 156 Å². The Kier molecular flexibility index (Phi) is 10.1. The van der Waals surface area contributed by atoms with Gasteiger partial charge < -0.3 is 0 Å². The Morgan fingerprint density at radius 2 is 0.680 bits per heavy atom. The van der Waals surface area contributed by atoms with Gasteiger partial charge in [0.05, 0.1) is 22.6 Å². The molecule has 0 aliphatic heterocycles. The minimum Gasteiger partial charge on any atom is -0.0582 e. The predicted octanol–water partition coefficient (Wildman–Crippen LogP) is 13.7. The second kappa shape index (κ2) is 13.6. The van der Waals surface area contributed by atoms with Crippen molar-refractivity contribution in [3.8, 4) is 0 Å². The third kappa shape index (κ3) is 8.12. The van der Waals surface area contributed by atoms with Gasteiger partial charge in [0, 0.05) is 11.5 Å². The fourth-order valence-electron chi connectivity index (χ4n) is 7.10. The summed E-state index contributed by atoms with van der Waals surface area (Å²) in [6.07, 6.45) is 0. The van der Waals surface area contributed by atoms with Gasteiger partial charge in [-0.25, -0.2) is 0 Å². The van der Waals surface area contributed by atoms with Crippen molar-refractivity contribution < 1.29 is 0 Å². The second-order valence-corrected chi connectivity index (χ2v) is 18.7. The summed E-state index contributed by atoms with van der Waals surface area (Å²) in [4.78, 5) is 0. The summed E-state index contributed by atoms with van der Waals surface area (Å²) < 4.78 is 0. The lowest BCUT2D eigenvalue weighted by molar-refractivity contribution is 0.589. The van der Waals surface area contributed by atoms with E-state index < -0.39 is 0 Å². The van der Waals surface area contributed by atoms with Crippen LogP contribution in [0.3, 0.4) is 0 Å². The second-order valence-electron chi connectivity index (χ2n) is 18.7. The Bertz CT molecular complexity index is 1630. The molecule has 0 spiro atoms. The molecule has 0 aliphatic carbocycles. The van der Waals surface area contributed by atoms with Crippen molar-refractivity contribution in [3.63, 3.8) is 0 Å². The van der Waals surface area contributed by atoms with E-state index in [0.717, 1.165) is 0 Å². The Morgan fingerprint density at radius 3 is 0.980 bits per heavy atom. The van der Waals surface area contributed by atoms with Crippen molar-refractivity contribution in [2.45, 2.75) is 125 Å². The molecule has 0 heterocycles. The lowest BCUT2D eigenvalue weighted by Crippen LogP contribution is -2.15. The van der Waals surface area contributed by atoms with Crippen LogP contribution in [0, 0.1) is 19.8 Å². The van der Waals surface area contributed by atoms with Crippen molar-refractivity contribution in [3.05, 3.63) is 182 Å². The molecule has 260 valence electrons. The van der Waals surface area contributed by atoms with Crippen molar-refractivity contribution in [2.75, 3.05) is 0 Å². The topological polar surface area (TPSA) is 0 Å². The summed E-state index contributed by atoms with van der Waals surface area (Å²) in [7, 11) is 0. The highest BCUT2D eigenvalue weighted by molar-refractivity contribution is 5.63. The van der Waals surface area contributed by atoms with Crippen molar-refractivity contribution in [1.29, 1.82) is 0 Å². The zero-order chi connectivity index (χ0) is 36.8. The number of hydrogen-bond acceptors (Lipinski definition) is 0. The maximum atomic E-state index is 2.51. The van der Waals surface area contributed by atoms with Crippen LogP contribution in [0.5, 0.6) is 0 Å². The molecule has 50 heavy (non-hydrogen) atoms. The van der Waals surface area contributed by atoms with Gasteiger partial charge in [-0.1, -0.05) is 132 Å². The predicted molar refractivity (Wildman–Crippen MR) is 218 cm³/mol. The van der Waals surface area contributed by atoms with Gasteiger partial charge in [-0.15, -0.1) is 0 Å². The third-order valence-corrected chi connectivity index (χ3v) is 10.5. The summed E-state index contributed by atoms with van der Waals surface area (Å²) in [6.45, 7) is 32.1. The molecule has 0 saturated heterocycles. The Balaban J connectivity index is 1.74. The van der Waals surface area contributed by atoms with Crippen LogP contribution < -0.4 is 0 Å². The summed E-state index contributed by atoms with van der Waals surface area (Å²) in [6, 6.07) is 42.3. The Morgan fingerprint density at radius 1 is 0.380 bits per heavy atom. The van der Waals surface area contributed by atoms with E-state index in [0.29, 0.717) is 0 Å². The van der Waals surface area contributed by atoms with E-state index in [1.54, 1.807) is 0 Å². The molecule has 0 nitrogen and oxygen atoms in total. The van der Waals surface area contributed by atoms with E-state index >= 15 is 0 Å². The zero-order valence-corrected chi connectivity index (χ0v) is 33.5. The van der Waals surface area contributed by atoms with Crippen LogP contribution in [0.25, 0.3) is 0 Å². The van der Waals surface area contributed by atoms with Crippen molar-refractivity contribution in [2.24, 2.45) is 0 Å². The highest BCUT2D eigenvalue weighted by atomic mass is 14.3. The molecule has 5 rings (SSSR count). The molecular weight excluding hydrogens is 601 g/mol. The largest absolute Gasteiger partial charge is 0.0634 e. The lowest BCUT2D eigenvalue weighted by Gasteiger charge is -2.26. The van der Waals surface area contributed by atoms with Crippen LogP contribution in [0.4, 0.5) is 0 Å². The number of aryl methyl sites for hydroxylation is 2. The first kappa shape index (κ1) is 37.2. The van der Waals surface area contributed by atoms with Gasteiger partial charge in [0.15, 0.2) is 0 Å². The summed E-state index contributed by atoms with van der Waals surface area (Å²) >= 11 is 0. The molecule has 0 heteroatoms. The lowest BCUT2D eigenvalue weighted by atomic mass is 9.75. The maximum Gasteiger partial charge on any atom is 0.0634 e. The van der Waals surface area contributed by atoms with Gasteiger partial charge >= 0.3 is 0 Å². The van der Waals surface area contributed by atoms with Gasteiger partial charge in [-0.3, -0.25) is 0 Å². The monoisotopic (exact) mass is 661 g/mol. The third-order valence-electron chi connectivity index (χ3n) is 10.5. The molecule has 0 radical (unpaired) electrons. The molecule has 0 fully saturated rings. The standard InChI is InChI=1S/C50H61/c1-33-31-34(2)44(46(37-19-27-41(28-20-37)49(9,10)11)38-21-29-42(30-22-38)50(12,13)14)32-43(33)45(35-15-23-39(24-16-35)47(3,4)5)36-17-25-40(26-18-36)48(6,7)8/h15-32,45H,1-14H3/q+1. The van der Waals surface area contributed by atoms with Gasteiger partial charge in [-0.2, -0.15) is 0 Å². The molecule has 0 bridgehead atoms. The number of hydrogen-bond donors (Lipinski definition) is 0. The smallest absolute Gasteiger partial charge is 0.0582 e. The van der Waals surface area contributed by atoms with Gasteiger partial charge in [-0.05, 0) is 141 Å². The normalized spacial score (nSPS) is 12.8. The van der Waals surface area contributed by atoms with E-state index in [1.165, 1.54) is 72.7 Å². The molecule has 5 aromatic carbocycles. The van der Waals surface area contributed by atoms with E-state index in [9.17, 15) is 0 Å². The van der Waals surface area contributed by atoms with E-state index in [2.05, 4.69) is 206 Å². The van der Waals surface area contributed by atoms with Crippen LogP contribution in [0.2, 0.25) is 0 Å². The van der Waals surface area contributed by atoms with E-state index in [-0.39, 0.29) is 27.6 Å². The van der Waals surface area contributed by atoms with Crippen LogP contribution in [-0.2, 0) is 21.7 Å². The SMILES string of the molecule is Cc1cc(C)c(C(c2ccc(C(C)(C)C)cc2)c2ccc(C(C)(C)C)cc2)cc1[C+](c1ccc(C(C)(C)C)cc1)c1ccc(C(C)(C)C)cc1. The maximum absolute atomic E-state index is 2.51. The van der Waals surface area contributed by atoms with Crippen LogP contribution >= 0.6 is 0 Å². The Hall–Kier alpha value is -4.03. The van der Waals surface area contributed by atoms with Gasteiger partial charge in [0.2, 0.25) is 0 Å². The molecule has 0 amide bonds. The van der Waals surface area contributed by atoms with Crippen molar-refractivity contribution >= 4 is 0 Å². The number of rotatable bonds is 6. The van der Waals surface area contributed by atoms with Gasteiger partial charge in [0.25, 0.3) is 0 Å². The molecule has 0 atom stereocenters. The summed E-state index contributed by atoms with van der Waals surface area (Å²) in [5.74, 6) is 1.39. The first-order valence-corrected chi connectivity index (χ1v) is 18.6. The fraction of sp³-hybridized carbons (Fsp3) is 0.380. The molecule has 0 N–H and O–H groups in total. The highest BCUT2D eigenvalue weighted by Crippen LogP contribution is 2.41. The van der Waals surface area contributed by atoms with E-state index in [1.807, 2.05) is 0 Å². The van der Waals surface area contributed by atoms with Crippen LogP contribution in [0.15, 0.2) is 109 Å². The highest BCUT2D eigenvalue weighted by Gasteiger charge is 2.30.